The van der Waals surface area contributed by atoms with Crippen molar-refractivity contribution in [3.8, 4) is 0 Å². The normalized spacial score (nSPS) is 12.6. The highest BCUT2D eigenvalue weighted by molar-refractivity contribution is 5.37. The van der Waals surface area contributed by atoms with Crippen LogP contribution in [-0.4, -0.2) is 16.3 Å². The highest BCUT2D eigenvalue weighted by Gasteiger charge is 2.19. The summed E-state index contributed by atoms with van der Waals surface area (Å²) in [6, 6.07) is 9.06. The Balaban J connectivity index is 2.42. The Bertz CT molecular complexity index is 572. The average Bonchev–Trinajstić information content (AvgIpc) is 2.92. The molecular formula is C18H27N3. The first-order chi connectivity index (χ1) is 10.2. The second-order valence-electron chi connectivity index (χ2n) is 5.73. The number of aromatic nitrogens is 2. The zero-order valence-electron chi connectivity index (χ0n) is 13.7. The molecule has 0 saturated carbocycles. The van der Waals surface area contributed by atoms with E-state index in [1.54, 1.807) is 0 Å². The van der Waals surface area contributed by atoms with Gasteiger partial charge in [0, 0.05) is 12.7 Å². The SMILES string of the molecule is CCCNC(c1cc(C)ccc1C)c1ccnn1CCC. The molecule has 0 aliphatic rings. The molecule has 0 spiro atoms. The van der Waals surface area contributed by atoms with E-state index < -0.39 is 0 Å². The summed E-state index contributed by atoms with van der Waals surface area (Å²) in [5.41, 5.74) is 5.26. The quantitative estimate of drug-likeness (QED) is 0.833. The average molecular weight is 285 g/mol. The highest BCUT2D eigenvalue weighted by Crippen LogP contribution is 2.26. The van der Waals surface area contributed by atoms with E-state index in [-0.39, 0.29) is 6.04 Å². The van der Waals surface area contributed by atoms with Crippen LogP contribution in [0.3, 0.4) is 0 Å². The van der Waals surface area contributed by atoms with Gasteiger partial charge in [0.15, 0.2) is 0 Å². The predicted molar refractivity (Wildman–Crippen MR) is 88.6 cm³/mol. The van der Waals surface area contributed by atoms with E-state index in [4.69, 9.17) is 0 Å². The summed E-state index contributed by atoms with van der Waals surface area (Å²) in [4.78, 5) is 0. The van der Waals surface area contributed by atoms with Crippen molar-refractivity contribution in [1.82, 2.24) is 15.1 Å². The van der Waals surface area contributed by atoms with Gasteiger partial charge in [-0.25, -0.2) is 0 Å². The third-order valence-electron chi connectivity index (χ3n) is 3.82. The zero-order valence-corrected chi connectivity index (χ0v) is 13.7. The third-order valence-corrected chi connectivity index (χ3v) is 3.82. The standard InChI is InChI=1S/C18H27N3/c1-5-10-19-18(16-13-14(3)7-8-15(16)4)17-9-11-20-21(17)12-6-2/h7-9,11,13,18-19H,5-6,10,12H2,1-4H3. The van der Waals surface area contributed by atoms with Crippen LogP contribution in [0.2, 0.25) is 0 Å². The van der Waals surface area contributed by atoms with Crippen molar-refractivity contribution in [3.05, 3.63) is 52.8 Å². The van der Waals surface area contributed by atoms with Crippen molar-refractivity contribution in [2.75, 3.05) is 6.54 Å². The molecule has 3 heteroatoms. The van der Waals surface area contributed by atoms with Crippen LogP contribution in [0.5, 0.6) is 0 Å². The van der Waals surface area contributed by atoms with E-state index in [0.717, 1.165) is 25.9 Å². The molecule has 21 heavy (non-hydrogen) atoms. The lowest BCUT2D eigenvalue weighted by molar-refractivity contribution is 0.510. The molecule has 2 rings (SSSR count). The van der Waals surface area contributed by atoms with Crippen molar-refractivity contribution in [2.45, 2.75) is 53.1 Å². The molecule has 1 aromatic carbocycles. The summed E-state index contributed by atoms with van der Waals surface area (Å²) in [5.74, 6) is 0. The largest absolute Gasteiger partial charge is 0.305 e. The van der Waals surface area contributed by atoms with Crippen LogP contribution >= 0.6 is 0 Å². The lowest BCUT2D eigenvalue weighted by atomic mass is 9.96. The minimum absolute atomic E-state index is 0.221. The van der Waals surface area contributed by atoms with Crippen LogP contribution in [0.1, 0.15) is 55.1 Å². The summed E-state index contributed by atoms with van der Waals surface area (Å²) < 4.78 is 2.13. The van der Waals surface area contributed by atoms with Gasteiger partial charge in [0.05, 0.1) is 11.7 Å². The fourth-order valence-corrected chi connectivity index (χ4v) is 2.72. The second-order valence-corrected chi connectivity index (χ2v) is 5.73. The van der Waals surface area contributed by atoms with Gasteiger partial charge in [-0.3, -0.25) is 4.68 Å². The maximum atomic E-state index is 4.49. The van der Waals surface area contributed by atoms with Gasteiger partial charge in [0.2, 0.25) is 0 Å². The van der Waals surface area contributed by atoms with Crippen LogP contribution < -0.4 is 5.32 Å². The topological polar surface area (TPSA) is 29.9 Å². The van der Waals surface area contributed by atoms with Gasteiger partial charge < -0.3 is 5.32 Å². The monoisotopic (exact) mass is 285 g/mol. The first-order valence-electron chi connectivity index (χ1n) is 7.99. The van der Waals surface area contributed by atoms with Crippen LogP contribution in [-0.2, 0) is 6.54 Å². The molecule has 0 fully saturated rings. The van der Waals surface area contributed by atoms with Crippen LogP contribution in [0.15, 0.2) is 30.5 Å². The third kappa shape index (κ3) is 3.73. The molecule has 0 aliphatic heterocycles. The molecule has 114 valence electrons. The minimum atomic E-state index is 0.221. The van der Waals surface area contributed by atoms with E-state index in [2.05, 4.69) is 67.1 Å². The predicted octanol–water partition coefficient (Wildman–Crippen LogP) is 4.00. The summed E-state index contributed by atoms with van der Waals surface area (Å²) in [6.07, 6.45) is 4.14. The molecule has 0 radical (unpaired) electrons. The molecule has 0 amide bonds. The second kappa shape index (κ2) is 7.41. The van der Waals surface area contributed by atoms with Crippen molar-refractivity contribution in [1.29, 1.82) is 0 Å². The number of aryl methyl sites for hydroxylation is 3. The highest BCUT2D eigenvalue weighted by atomic mass is 15.3. The lowest BCUT2D eigenvalue weighted by Crippen LogP contribution is -2.26. The van der Waals surface area contributed by atoms with E-state index in [1.165, 1.54) is 22.4 Å². The molecule has 3 nitrogen and oxygen atoms in total. The Labute approximate surface area is 128 Å². The van der Waals surface area contributed by atoms with Gasteiger partial charge in [0.25, 0.3) is 0 Å². The molecule has 1 N–H and O–H groups in total. The van der Waals surface area contributed by atoms with Gasteiger partial charge in [-0.15, -0.1) is 0 Å². The minimum Gasteiger partial charge on any atom is -0.305 e. The number of nitrogens with zero attached hydrogens (tertiary/aromatic N) is 2. The molecule has 0 aliphatic carbocycles. The number of nitrogens with one attached hydrogen (secondary N) is 1. The molecular weight excluding hydrogens is 258 g/mol. The van der Waals surface area contributed by atoms with E-state index in [0.29, 0.717) is 0 Å². The van der Waals surface area contributed by atoms with Crippen molar-refractivity contribution < 1.29 is 0 Å². The first-order valence-corrected chi connectivity index (χ1v) is 7.99. The van der Waals surface area contributed by atoms with Gasteiger partial charge in [0.1, 0.15) is 0 Å². The molecule has 1 aromatic heterocycles. The lowest BCUT2D eigenvalue weighted by Gasteiger charge is -2.22. The van der Waals surface area contributed by atoms with Gasteiger partial charge >= 0.3 is 0 Å². The van der Waals surface area contributed by atoms with Crippen LogP contribution in [0, 0.1) is 13.8 Å². The van der Waals surface area contributed by atoms with Crippen molar-refractivity contribution >= 4 is 0 Å². The maximum Gasteiger partial charge on any atom is 0.0750 e. The van der Waals surface area contributed by atoms with Gasteiger partial charge in [-0.05, 0) is 50.4 Å². The maximum absolute atomic E-state index is 4.49. The van der Waals surface area contributed by atoms with Crippen molar-refractivity contribution in [3.63, 3.8) is 0 Å². The Morgan fingerprint density at radius 1 is 1.14 bits per heavy atom. The van der Waals surface area contributed by atoms with E-state index >= 15 is 0 Å². The zero-order chi connectivity index (χ0) is 15.2. The Morgan fingerprint density at radius 2 is 1.95 bits per heavy atom. The molecule has 2 aromatic rings. The molecule has 0 saturated heterocycles. The Hall–Kier alpha value is -1.61. The summed E-state index contributed by atoms with van der Waals surface area (Å²) >= 11 is 0. The van der Waals surface area contributed by atoms with E-state index in [9.17, 15) is 0 Å². The number of rotatable bonds is 7. The van der Waals surface area contributed by atoms with Crippen molar-refractivity contribution in [2.24, 2.45) is 0 Å². The summed E-state index contributed by atoms with van der Waals surface area (Å²) in [6.45, 7) is 10.7. The first kappa shape index (κ1) is 15.8. The molecule has 1 atom stereocenters. The van der Waals surface area contributed by atoms with Gasteiger partial charge in [-0.1, -0.05) is 37.6 Å². The summed E-state index contributed by atoms with van der Waals surface area (Å²) in [7, 11) is 0. The molecule has 0 bridgehead atoms. The Morgan fingerprint density at radius 3 is 2.67 bits per heavy atom. The van der Waals surface area contributed by atoms with E-state index in [1.807, 2.05) is 6.20 Å². The van der Waals surface area contributed by atoms with Gasteiger partial charge in [-0.2, -0.15) is 5.10 Å². The number of hydrogen-bond acceptors (Lipinski definition) is 2. The fraction of sp³-hybridized carbons (Fsp3) is 0.500. The number of hydrogen-bond donors (Lipinski definition) is 1. The number of benzene rings is 1. The van der Waals surface area contributed by atoms with Crippen LogP contribution in [0.25, 0.3) is 0 Å². The Kier molecular flexibility index (Phi) is 5.57. The fourth-order valence-electron chi connectivity index (χ4n) is 2.72. The molecule has 1 unspecified atom stereocenters. The smallest absolute Gasteiger partial charge is 0.0750 e. The molecule has 1 heterocycles. The summed E-state index contributed by atoms with van der Waals surface area (Å²) in [5, 5.41) is 8.18. The van der Waals surface area contributed by atoms with Crippen LogP contribution in [0.4, 0.5) is 0 Å².